The molecule has 2 amide bonds. The minimum absolute atomic E-state index is 0.0977. The third-order valence-corrected chi connectivity index (χ3v) is 4.72. The smallest absolute Gasteiger partial charge is 0.248 e. The number of carbonyl (C=O) groups excluding carboxylic acids is 2. The van der Waals surface area contributed by atoms with Crippen molar-refractivity contribution in [3.05, 3.63) is 76.7 Å². The molecule has 0 aliphatic carbocycles. The Morgan fingerprint density at radius 3 is 2.81 bits per heavy atom. The number of halogens is 1. The van der Waals surface area contributed by atoms with Crippen molar-refractivity contribution in [3.63, 3.8) is 0 Å². The largest absolute Gasteiger partial charge is 0.366 e. The number of nitrogens with zero attached hydrogens (tertiary/aromatic N) is 2. The van der Waals surface area contributed by atoms with Crippen molar-refractivity contribution in [2.24, 2.45) is 5.73 Å². The van der Waals surface area contributed by atoms with Crippen LogP contribution in [0.5, 0.6) is 0 Å². The molecular weight excluding hydrogens is 347 g/mol. The van der Waals surface area contributed by atoms with Crippen molar-refractivity contribution in [2.75, 3.05) is 0 Å². The van der Waals surface area contributed by atoms with Crippen molar-refractivity contribution >= 4 is 11.8 Å². The van der Waals surface area contributed by atoms with Crippen LogP contribution in [0.15, 0.2) is 48.5 Å². The summed E-state index contributed by atoms with van der Waals surface area (Å²) in [6.07, 6.45) is 0.163. The molecule has 0 spiro atoms. The predicted octanol–water partition coefficient (Wildman–Crippen LogP) is 2.40. The Hall–Kier alpha value is -3.48. The number of nitrogens with two attached hydrogens (primary N) is 1. The van der Waals surface area contributed by atoms with Crippen LogP contribution in [0, 0.1) is 5.82 Å². The maximum Gasteiger partial charge on any atom is 0.248 e. The van der Waals surface area contributed by atoms with Crippen LogP contribution in [0.2, 0.25) is 0 Å². The van der Waals surface area contributed by atoms with E-state index in [0.717, 1.165) is 16.8 Å². The Labute approximate surface area is 154 Å². The number of amides is 2. The highest BCUT2D eigenvalue weighted by molar-refractivity contribution is 5.94. The van der Waals surface area contributed by atoms with E-state index in [9.17, 15) is 14.0 Å². The minimum atomic E-state index is -0.520. The van der Waals surface area contributed by atoms with Crippen LogP contribution in [0.3, 0.4) is 0 Å². The standard InChI is InChI=1S/C20H17FN4O2/c21-16-7-2-1-4-14(16)10-25-11-17-15(9-18(25)26)19(24-23-17)12-5-3-6-13(8-12)20(22)27/h1-8H,9-11H2,(H2,22,27)(H,23,24). The molecule has 3 aromatic rings. The fraction of sp³-hybridized carbons (Fsp3) is 0.150. The van der Waals surface area contributed by atoms with Crippen molar-refractivity contribution < 1.29 is 14.0 Å². The molecule has 27 heavy (non-hydrogen) atoms. The van der Waals surface area contributed by atoms with Crippen LogP contribution in [-0.4, -0.2) is 26.9 Å². The van der Waals surface area contributed by atoms with Gasteiger partial charge in [-0.05, 0) is 18.2 Å². The Bertz CT molecular complexity index is 1040. The number of benzene rings is 2. The van der Waals surface area contributed by atoms with Gasteiger partial charge in [0.2, 0.25) is 11.8 Å². The van der Waals surface area contributed by atoms with E-state index in [0.29, 0.717) is 23.4 Å². The summed E-state index contributed by atoms with van der Waals surface area (Å²) < 4.78 is 13.9. The second-order valence-electron chi connectivity index (χ2n) is 6.49. The number of H-pyrrole nitrogens is 1. The van der Waals surface area contributed by atoms with Gasteiger partial charge in [0.1, 0.15) is 5.82 Å². The Morgan fingerprint density at radius 1 is 1.22 bits per heavy atom. The van der Waals surface area contributed by atoms with Crippen molar-refractivity contribution in [1.82, 2.24) is 15.1 Å². The minimum Gasteiger partial charge on any atom is -0.366 e. The first-order chi connectivity index (χ1) is 13.0. The average Bonchev–Trinajstić information content (AvgIpc) is 3.06. The first-order valence-electron chi connectivity index (χ1n) is 8.50. The fourth-order valence-corrected chi connectivity index (χ4v) is 3.30. The summed E-state index contributed by atoms with van der Waals surface area (Å²) in [4.78, 5) is 25.6. The number of rotatable bonds is 4. The monoisotopic (exact) mass is 364 g/mol. The number of nitrogens with one attached hydrogen (secondary N) is 1. The molecule has 0 radical (unpaired) electrons. The summed E-state index contributed by atoms with van der Waals surface area (Å²) in [7, 11) is 0. The van der Waals surface area contributed by atoms with Crippen LogP contribution < -0.4 is 5.73 Å². The van der Waals surface area contributed by atoms with Gasteiger partial charge in [0, 0.05) is 28.8 Å². The zero-order valence-corrected chi connectivity index (χ0v) is 14.4. The number of aromatic amines is 1. The first kappa shape index (κ1) is 17.0. The number of fused-ring (bicyclic) bond motifs is 1. The number of carbonyl (C=O) groups is 2. The lowest BCUT2D eigenvalue weighted by Gasteiger charge is -2.27. The molecule has 2 heterocycles. The van der Waals surface area contributed by atoms with Crippen LogP contribution in [0.25, 0.3) is 11.3 Å². The quantitative estimate of drug-likeness (QED) is 0.745. The van der Waals surface area contributed by atoms with Gasteiger partial charge in [0.25, 0.3) is 0 Å². The summed E-state index contributed by atoms with van der Waals surface area (Å²) in [5, 5.41) is 7.30. The van der Waals surface area contributed by atoms with E-state index >= 15 is 0 Å². The Kier molecular flexibility index (Phi) is 4.19. The molecule has 2 aromatic carbocycles. The number of primary amides is 1. The van der Waals surface area contributed by atoms with Gasteiger partial charge in [-0.2, -0.15) is 5.10 Å². The summed E-state index contributed by atoms with van der Waals surface area (Å²) in [6.45, 7) is 0.529. The van der Waals surface area contributed by atoms with E-state index in [1.54, 1.807) is 41.3 Å². The van der Waals surface area contributed by atoms with Crippen molar-refractivity contribution in [3.8, 4) is 11.3 Å². The zero-order valence-electron chi connectivity index (χ0n) is 14.4. The van der Waals surface area contributed by atoms with Crippen LogP contribution in [0.4, 0.5) is 4.39 Å². The van der Waals surface area contributed by atoms with Gasteiger partial charge in [0.15, 0.2) is 0 Å². The molecule has 136 valence electrons. The summed E-state index contributed by atoms with van der Waals surface area (Å²) in [5.41, 5.74) is 9.16. The van der Waals surface area contributed by atoms with Crippen molar-refractivity contribution in [1.29, 1.82) is 0 Å². The second-order valence-corrected chi connectivity index (χ2v) is 6.49. The molecular formula is C20H17FN4O2. The molecule has 1 aliphatic rings. The third kappa shape index (κ3) is 3.19. The first-order valence-corrected chi connectivity index (χ1v) is 8.50. The van der Waals surface area contributed by atoms with Crippen molar-refractivity contribution in [2.45, 2.75) is 19.5 Å². The normalized spacial score (nSPS) is 13.5. The Morgan fingerprint density at radius 2 is 2.04 bits per heavy atom. The molecule has 4 rings (SSSR count). The topological polar surface area (TPSA) is 92.1 Å². The molecule has 0 saturated heterocycles. The molecule has 6 nitrogen and oxygen atoms in total. The van der Waals surface area contributed by atoms with Gasteiger partial charge >= 0.3 is 0 Å². The van der Waals surface area contributed by atoms with Crippen LogP contribution >= 0.6 is 0 Å². The lowest BCUT2D eigenvalue weighted by Crippen LogP contribution is -2.35. The van der Waals surface area contributed by atoms with E-state index in [1.165, 1.54) is 6.07 Å². The molecule has 7 heteroatoms. The van der Waals surface area contributed by atoms with Gasteiger partial charge in [-0.15, -0.1) is 0 Å². The summed E-state index contributed by atoms with van der Waals surface area (Å²) in [5.74, 6) is -0.947. The maximum atomic E-state index is 13.9. The molecule has 0 unspecified atom stereocenters. The van der Waals surface area contributed by atoms with Gasteiger partial charge in [0.05, 0.1) is 24.4 Å². The van der Waals surface area contributed by atoms with Gasteiger partial charge in [-0.1, -0.05) is 30.3 Å². The van der Waals surface area contributed by atoms with E-state index in [1.807, 2.05) is 6.07 Å². The summed E-state index contributed by atoms with van der Waals surface area (Å²) in [6, 6.07) is 13.3. The number of aromatic nitrogens is 2. The molecule has 3 N–H and O–H groups in total. The molecule has 1 aliphatic heterocycles. The van der Waals surface area contributed by atoms with Gasteiger partial charge < -0.3 is 10.6 Å². The van der Waals surface area contributed by atoms with E-state index in [2.05, 4.69) is 10.2 Å². The van der Waals surface area contributed by atoms with E-state index < -0.39 is 5.91 Å². The zero-order chi connectivity index (χ0) is 19.0. The highest BCUT2D eigenvalue weighted by Crippen LogP contribution is 2.30. The predicted molar refractivity (Wildman–Crippen MR) is 96.9 cm³/mol. The average molecular weight is 364 g/mol. The highest BCUT2D eigenvalue weighted by atomic mass is 19.1. The molecule has 0 saturated carbocycles. The van der Waals surface area contributed by atoms with Crippen LogP contribution in [-0.2, 0) is 24.3 Å². The highest BCUT2D eigenvalue weighted by Gasteiger charge is 2.28. The fourth-order valence-electron chi connectivity index (χ4n) is 3.30. The molecule has 1 aromatic heterocycles. The van der Waals surface area contributed by atoms with E-state index in [-0.39, 0.29) is 24.7 Å². The van der Waals surface area contributed by atoms with Gasteiger partial charge in [-0.3, -0.25) is 14.7 Å². The SMILES string of the molecule is NC(=O)c1cccc(-c2n[nH]c3c2CC(=O)N(Cc2ccccc2F)C3)c1. The molecule has 0 bridgehead atoms. The molecule has 0 atom stereocenters. The third-order valence-electron chi connectivity index (χ3n) is 4.72. The summed E-state index contributed by atoms with van der Waals surface area (Å²) >= 11 is 0. The second kappa shape index (κ2) is 6.68. The number of hydrogen-bond donors (Lipinski definition) is 2. The lowest BCUT2D eigenvalue weighted by atomic mass is 9.98. The Balaban J connectivity index is 1.62. The van der Waals surface area contributed by atoms with Gasteiger partial charge in [-0.25, -0.2) is 4.39 Å². The lowest BCUT2D eigenvalue weighted by molar-refractivity contribution is -0.132. The number of hydrogen-bond acceptors (Lipinski definition) is 3. The van der Waals surface area contributed by atoms with Crippen LogP contribution in [0.1, 0.15) is 27.2 Å². The maximum absolute atomic E-state index is 13.9. The van der Waals surface area contributed by atoms with E-state index in [4.69, 9.17) is 5.73 Å². The molecule has 0 fully saturated rings.